The molecule has 0 aromatic carbocycles. The van der Waals surface area contributed by atoms with Crippen molar-refractivity contribution in [2.24, 2.45) is 5.73 Å². The Morgan fingerprint density at radius 3 is 1.86 bits per heavy atom. The van der Waals surface area contributed by atoms with Crippen LogP contribution in [0.3, 0.4) is 0 Å². The van der Waals surface area contributed by atoms with Crippen LogP contribution in [0.4, 0.5) is 0 Å². The van der Waals surface area contributed by atoms with Gasteiger partial charge in [0.2, 0.25) is 5.91 Å². The van der Waals surface area contributed by atoms with Gasteiger partial charge in [0, 0.05) is 0 Å². The maximum Gasteiger partial charge on any atom is 0.245 e. The molecule has 0 saturated carbocycles. The van der Waals surface area contributed by atoms with E-state index in [1.54, 1.807) is 0 Å². The van der Waals surface area contributed by atoms with Gasteiger partial charge in [0.15, 0.2) is 8.32 Å². The van der Waals surface area contributed by atoms with Crippen molar-refractivity contribution in [3.05, 3.63) is 0 Å². The molecular formula is C10H23NO2Si. The molecule has 0 saturated heterocycles. The summed E-state index contributed by atoms with van der Waals surface area (Å²) >= 11 is 0. The monoisotopic (exact) mass is 217 g/mol. The molecule has 1 amide bonds. The van der Waals surface area contributed by atoms with E-state index in [-0.39, 0.29) is 12.0 Å². The lowest BCUT2D eigenvalue weighted by Gasteiger charge is -2.31. The molecule has 14 heavy (non-hydrogen) atoms. The summed E-state index contributed by atoms with van der Waals surface area (Å²) in [4.78, 5) is 11.1. The lowest BCUT2D eigenvalue weighted by atomic mass is 10.3. The SMILES string of the molecule is CCC(O[Si](CC)(CC)CC)C(N)=O. The third-order valence-electron chi connectivity index (χ3n) is 3.01. The van der Waals surface area contributed by atoms with Gasteiger partial charge in [-0.25, -0.2) is 0 Å². The first-order valence-corrected chi connectivity index (χ1v) is 8.05. The predicted molar refractivity (Wildman–Crippen MR) is 61.6 cm³/mol. The van der Waals surface area contributed by atoms with Gasteiger partial charge in [-0.3, -0.25) is 4.79 Å². The van der Waals surface area contributed by atoms with Gasteiger partial charge in [0.05, 0.1) is 0 Å². The molecule has 3 nitrogen and oxygen atoms in total. The first kappa shape index (κ1) is 13.6. The molecule has 4 heteroatoms. The fourth-order valence-electron chi connectivity index (χ4n) is 1.64. The Bertz CT molecular complexity index is 173. The van der Waals surface area contributed by atoms with Crippen LogP contribution in [0.25, 0.3) is 0 Å². The molecule has 0 rings (SSSR count). The number of nitrogens with two attached hydrogens (primary N) is 1. The minimum Gasteiger partial charge on any atom is -0.405 e. The van der Waals surface area contributed by atoms with Crippen molar-refractivity contribution >= 4 is 14.2 Å². The van der Waals surface area contributed by atoms with Crippen molar-refractivity contribution in [1.29, 1.82) is 0 Å². The Balaban J connectivity index is 4.47. The molecule has 0 spiro atoms. The highest BCUT2D eigenvalue weighted by molar-refractivity contribution is 6.73. The summed E-state index contributed by atoms with van der Waals surface area (Å²) in [5.74, 6) is -0.320. The number of hydrogen-bond donors (Lipinski definition) is 1. The zero-order valence-corrected chi connectivity index (χ0v) is 10.8. The van der Waals surface area contributed by atoms with E-state index in [0.717, 1.165) is 18.1 Å². The molecule has 0 aromatic heterocycles. The molecule has 2 N–H and O–H groups in total. The van der Waals surface area contributed by atoms with Crippen LogP contribution in [0, 0.1) is 0 Å². The minimum atomic E-state index is -1.67. The van der Waals surface area contributed by atoms with Crippen LogP contribution in [0.15, 0.2) is 0 Å². The predicted octanol–water partition coefficient (Wildman–Crippen LogP) is 2.27. The average Bonchev–Trinajstić information content (AvgIpc) is 2.20. The standard InChI is InChI=1S/C10H23NO2Si/c1-5-9(10(11)12)13-14(6-2,7-3)8-4/h9H,5-8H2,1-4H3,(H2,11,12). The van der Waals surface area contributed by atoms with Crippen molar-refractivity contribution in [3.63, 3.8) is 0 Å². The van der Waals surface area contributed by atoms with Gasteiger partial charge in [-0.15, -0.1) is 0 Å². The van der Waals surface area contributed by atoms with Gasteiger partial charge in [0.1, 0.15) is 6.10 Å². The fourth-order valence-corrected chi connectivity index (χ4v) is 4.53. The second kappa shape index (κ2) is 6.19. The zero-order chi connectivity index (χ0) is 11.2. The molecule has 0 aliphatic rings. The summed E-state index contributed by atoms with van der Waals surface area (Å²) in [6, 6.07) is 3.18. The Labute approximate surface area is 88.1 Å². The van der Waals surface area contributed by atoms with Gasteiger partial charge < -0.3 is 10.2 Å². The normalized spacial score (nSPS) is 14.0. The second-order valence-corrected chi connectivity index (χ2v) is 8.38. The molecular weight excluding hydrogens is 194 g/mol. The van der Waals surface area contributed by atoms with E-state index in [2.05, 4.69) is 20.8 Å². The molecule has 0 aromatic rings. The summed E-state index contributed by atoms with van der Waals surface area (Å²) in [7, 11) is -1.67. The summed E-state index contributed by atoms with van der Waals surface area (Å²) in [5.41, 5.74) is 5.28. The Morgan fingerprint density at radius 2 is 1.64 bits per heavy atom. The van der Waals surface area contributed by atoms with Crippen LogP contribution in [0.1, 0.15) is 34.1 Å². The molecule has 0 aliphatic heterocycles. The smallest absolute Gasteiger partial charge is 0.245 e. The molecule has 0 radical (unpaired) electrons. The quantitative estimate of drug-likeness (QED) is 0.665. The van der Waals surface area contributed by atoms with Crippen LogP contribution in [-0.4, -0.2) is 20.3 Å². The highest BCUT2D eigenvalue weighted by atomic mass is 28.4. The summed E-state index contributed by atoms with van der Waals surface area (Å²) < 4.78 is 5.96. The van der Waals surface area contributed by atoms with Gasteiger partial charge in [-0.1, -0.05) is 27.7 Å². The van der Waals surface area contributed by atoms with E-state index in [1.807, 2.05) is 6.92 Å². The van der Waals surface area contributed by atoms with E-state index in [0.29, 0.717) is 6.42 Å². The van der Waals surface area contributed by atoms with Crippen LogP contribution < -0.4 is 5.73 Å². The van der Waals surface area contributed by atoms with Crippen LogP contribution in [0.5, 0.6) is 0 Å². The first-order chi connectivity index (χ1) is 6.55. The van der Waals surface area contributed by atoms with Gasteiger partial charge in [0.25, 0.3) is 0 Å². The number of primary amides is 1. The number of carbonyl (C=O) groups excluding carboxylic acids is 1. The van der Waals surface area contributed by atoms with Crippen LogP contribution in [-0.2, 0) is 9.22 Å². The average molecular weight is 217 g/mol. The lowest BCUT2D eigenvalue weighted by Crippen LogP contribution is -2.44. The van der Waals surface area contributed by atoms with E-state index < -0.39 is 8.32 Å². The van der Waals surface area contributed by atoms with Gasteiger partial charge in [-0.2, -0.15) is 0 Å². The van der Waals surface area contributed by atoms with E-state index in [4.69, 9.17) is 10.2 Å². The van der Waals surface area contributed by atoms with E-state index in [1.165, 1.54) is 0 Å². The summed E-state index contributed by atoms with van der Waals surface area (Å²) in [5, 5.41) is 0. The van der Waals surface area contributed by atoms with Crippen molar-refractivity contribution in [2.45, 2.75) is 58.4 Å². The van der Waals surface area contributed by atoms with E-state index in [9.17, 15) is 4.79 Å². The number of amides is 1. The van der Waals surface area contributed by atoms with E-state index >= 15 is 0 Å². The molecule has 1 unspecified atom stereocenters. The van der Waals surface area contributed by atoms with Crippen molar-refractivity contribution in [2.75, 3.05) is 0 Å². The summed E-state index contributed by atoms with van der Waals surface area (Å²) in [6.45, 7) is 8.38. The van der Waals surface area contributed by atoms with Crippen LogP contribution in [0.2, 0.25) is 18.1 Å². The molecule has 1 atom stereocenters. The summed E-state index contributed by atoms with van der Waals surface area (Å²) in [6.07, 6.45) is 0.311. The van der Waals surface area contributed by atoms with Crippen molar-refractivity contribution in [3.8, 4) is 0 Å². The topological polar surface area (TPSA) is 52.3 Å². The largest absolute Gasteiger partial charge is 0.405 e. The third-order valence-corrected chi connectivity index (χ3v) is 7.66. The molecule has 0 bridgehead atoms. The van der Waals surface area contributed by atoms with Crippen molar-refractivity contribution < 1.29 is 9.22 Å². The maximum absolute atomic E-state index is 11.1. The van der Waals surface area contributed by atoms with Crippen LogP contribution >= 0.6 is 0 Å². The first-order valence-electron chi connectivity index (χ1n) is 5.52. The van der Waals surface area contributed by atoms with Gasteiger partial charge >= 0.3 is 0 Å². The third kappa shape index (κ3) is 3.42. The molecule has 84 valence electrons. The Kier molecular flexibility index (Phi) is 6.03. The number of hydrogen-bond acceptors (Lipinski definition) is 2. The molecule has 0 fully saturated rings. The molecule has 0 heterocycles. The fraction of sp³-hybridized carbons (Fsp3) is 0.900. The highest BCUT2D eigenvalue weighted by Gasteiger charge is 2.33. The lowest BCUT2D eigenvalue weighted by molar-refractivity contribution is -0.125. The second-order valence-electron chi connectivity index (χ2n) is 3.66. The number of rotatable bonds is 7. The molecule has 0 aliphatic carbocycles. The minimum absolute atomic E-state index is 0.320. The Hall–Kier alpha value is -0.353. The highest BCUT2D eigenvalue weighted by Crippen LogP contribution is 2.24. The number of carbonyl (C=O) groups is 1. The van der Waals surface area contributed by atoms with Crippen molar-refractivity contribution in [1.82, 2.24) is 0 Å². The van der Waals surface area contributed by atoms with Gasteiger partial charge in [-0.05, 0) is 24.6 Å². The zero-order valence-electron chi connectivity index (χ0n) is 9.80. The maximum atomic E-state index is 11.1. The Morgan fingerprint density at radius 1 is 1.21 bits per heavy atom.